The van der Waals surface area contributed by atoms with Gasteiger partial charge in [0, 0.05) is 6.42 Å². The number of hydrogen-bond donors (Lipinski definition) is 2. The molecule has 0 unspecified atom stereocenters. The molecule has 90 valence electrons. The van der Waals surface area contributed by atoms with Gasteiger partial charge in [0.05, 0.1) is 0 Å². The third-order valence-electron chi connectivity index (χ3n) is 2.81. The summed E-state index contributed by atoms with van der Waals surface area (Å²) in [6.07, 6.45) is 7.21. The second-order valence-corrected chi connectivity index (χ2v) is 4.15. The maximum absolute atomic E-state index is 11.6. The molecule has 0 fully saturated rings. The fourth-order valence-electron chi connectivity index (χ4n) is 1.86. The van der Waals surface area contributed by atoms with E-state index in [4.69, 9.17) is 5.11 Å². The van der Waals surface area contributed by atoms with Crippen LogP contribution < -0.4 is 5.32 Å². The van der Waals surface area contributed by atoms with Crippen LogP contribution in [-0.2, 0) is 9.59 Å². The summed E-state index contributed by atoms with van der Waals surface area (Å²) in [6.45, 7) is 1.75. The third-order valence-corrected chi connectivity index (χ3v) is 2.81. The van der Waals surface area contributed by atoms with Crippen molar-refractivity contribution in [2.75, 3.05) is 0 Å². The van der Waals surface area contributed by atoms with Crippen molar-refractivity contribution in [2.24, 2.45) is 0 Å². The smallest absolute Gasteiger partial charge is 0.326 e. The molecule has 2 N–H and O–H groups in total. The summed E-state index contributed by atoms with van der Waals surface area (Å²) < 4.78 is 0. The standard InChI is InChI=1S/C12H19NO3/c1-2-10(12(15)16)13-11(14)8-9-6-4-3-5-7-9/h6,10H,2-5,7-8H2,1H3,(H,13,14)(H,15,16)/t10-/m0/s1. The zero-order chi connectivity index (χ0) is 12.0. The molecule has 1 rings (SSSR count). The lowest BCUT2D eigenvalue weighted by Crippen LogP contribution is -2.40. The molecule has 0 heterocycles. The first-order valence-electron chi connectivity index (χ1n) is 5.83. The highest BCUT2D eigenvalue weighted by Crippen LogP contribution is 2.19. The lowest BCUT2D eigenvalue weighted by atomic mass is 9.97. The Hall–Kier alpha value is -1.32. The second-order valence-electron chi connectivity index (χ2n) is 4.15. The van der Waals surface area contributed by atoms with Crippen LogP contribution in [0.3, 0.4) is 0 Å². The molecule has 1 atom stereocenters. The van der Waals surface area contributed by atoms with Gasteiger partial charge in [-0.15, -0.1) is 0 Å². The minimum atomic E-state index is -0.964. The minimum Gasteiger partial charge on any atom is -0.480 e. The van der Waals surface area contributed by atoms with E-state index in [1.165, 1.54) is 6.42 Å². The molecule has 0 aromatic carbocycles. The molecule has 0 saturated carbocycles. The number of allylic oxidation sites excluding steroid dienone is 1. The predicted molar refractivity (Wildman–Crippen MR) is 61.0 cm³/mol. The molecule has 0 aliphatic heterocycles. The molecule has 4 heteroatoms. The summed E-state index contributed by atoms with van der Waals surface area (Å²) in [4.78, 5) is 22.3. The Morgan fingerprint density at radius 2 is 2.25 bits per heavy atom. The SMILES string of the molecule is CC[C@H](NC(=O)CC1=CCCCC1)C(=O)O. The number of hydrogen-bond acceptors (Lipinski definition) is 2. The van der Waals surface area contributed by atoms with E-state index in [9.17, 15) is 9.59 Å². The highest BCUT2D eigenvalue weighted by atomic mass is 16.4. The first-order chi connectivity index (χ1) is 7.63. The normalized spacial score (nSPS) is 17.4. The molecular weight excluding hydrogens is 206 g/mol. The third kappa shape index (κ3) is 4.04. The Bertz CT molecular complexity index is 297. The van der Waals surface area contributed by atoms with Crippen LogP contribution in [0.2, 0.25) is 0 Å². The highest BCUT2D eigenvalue weighted by Gasteiger charge is 2.18. The van der Waals surface area contributed by atoms with E-state index in [0.717, 1.165) is 24.8 Å². The van der Waals surface area contributed by atoms with Crippen molar-refractivity contribution in [3.05, 3.63) is 11.6 Å². The molecule has 0 saturated heterocycles. The van der Waals surface area contributed by atoms with Crippen LogP contribution in [0.1, 0.15) is 45.4 Å². The molecule has 0 aromatic heterocycles. The monoisotopic (exact) mass is 225 g/mol. The van der Waals surface area contributed by atoms with Crippen molar-refractivity contribution in [3.8, 4) is 0 Å². The van der Waals surface area contributed by atoms with E-state index in [0.29, 0.717) is 12.8 Å². The fraction of sp³-hybridized carbons (Fsp3) is 0.667. The average molecular weight is 225 g/mol. The van der Waals surface area contributed by atoms with Gasteiger partial charge >= 0.3 is 5.97 Å². The molecule has 0 bridgehead atoms. The largest absolute Gasteiger partial charge is 0.480 e. The zero-order valence-electron chi connectivity index (χ0n) is 9.66. The lowest BCUT2D eigenvalue weighted by Gasteiger charge is -2.15. The average Bonchev–Trinajstić information content (AvgIpc) is 2.27. The molecule has 0 aromatic rings. The predicted octanol–water partition coefficient (Wildman–Crippen LogP) is 1.86. The Morgan fingerprint density at radius 3 is 2.75 bits per heavy atom. The number of carboxylic acid groups (broad SMARTS) is 1. The summed E-state index contributed by atoms with van der Waals surface area (Å²) in [5, 5.41) is 11.3. The number of rotatable bonds is 5. The molecule has 4 nitrogen and oxygen atoms in total. The van der Waals surface area contributed by atoms with Gasteiger partial charge in [-0.1, -0.05) is 18.6 Å². The minimum absolute atomic E-state index is 0.178. The van der Waals surface area contributed by atoms with Crippen molar-refractivity contribution < 1.29 is 14.7 Å². The van der Waals surface area contributed by atoms with Crippen LogP contribution in [0.25, 0.3) is 0 Å². The molecule has 0 spiro atoms. The van der Waals surface area contributed by atoms with Gasteiger partial charge in [0.1, 0.15) is 6.04 Å². The van der Waals surface area contributed by atoms with Crippen LogP contribution in [0, 0.1) is 0 Å². The summed E-state index contributed by atoms with van der Waals surface area (Å²) in [6, 6.07) is -0.753. The van der Waals surface area contributed by atoms with Crippen molar-refractivity contribution >= 4 is 11.9 Å². The second kappa shape index (κ2) is 6.30. The van der Waals surface area contributed by atoms with Gasteiger partial charge in [-0.25, -0.2) is 4.79 Å². The van der Waals surface area contributed by atoms with Crippen molar-refractivity contribution in [3.63, 3.8) is 0 Å². The van der Waals surface area contributed by atoms with E-state index < -0.39 is 12.0 Å². The number of carbonyl (C=O) groups is 2. The van der Waals surface area contributed by atoms with E-state index in [-0.39, 0.29) is 5.91 Å². The fourth-order valence-corrected chi connectivity index (χ4v) is 1.86. The summed E-state index contributed by atoms with van der Waals surface area (Å²) >= 11 is 0. The number of aliphatic carboxylic acids is 1. The van der Waals surface area contributed by atoms with Crippen molar-refractivity contribution in [1.82, 2.24) is 5.32 Å². The summed E-state index contributed by atoms with van der Waals surface area (Å²) in [5.74, 6) is -1.14. The molecule has 1 aliphatic carbocycles. The molecule has 1 amide bonds. The number of nitrogens with one attached hydrogen (secondary N) is 1. The van der Waals surface area contributed by atoms with Gasteiger partial charge < -0.3 is 10.4 Å². The number of amides is 1. The van der Waals surface area contributed by atoms with Crippen LogP contribution in [-0.4, -0.2) is 23.0 Å². The Kier molecular flexibility index (Phi) is 5.02. The number of carbonyl (C=O) groups excluding carboxylic acids is 1. The van der Waals surface area contributed by atoms with E-state index in [2.05, 4.69) is 11.4 Å². The van der Waals surface area contributed by atoms with E-state index in [1.807, 2.05) is 0 Å². The Balaban J connectivity index is 2.40. The lowest BCUT2D eigenvalue weighted by molar-refractivity contribution is -0.141. The maximum atomic E-state index is 11.6. The Labute approximate surface area is 95.7 Å². The molecule has 16 heavy (non-hydrogen) atoms. The van der Waals surface area contributed by atoms with E-state index >= 15 is 0 Å². The van der Waals surface area contributed by atoms with Gasteiger partial charge in [0.25, 0.3) is 0 Å². The number of carboxylic acids is 1. The van der Waals surface area contributed by atoms with Crippen LogP contribution in [0.4, 0.5) is 0 Å². The van der Waals surface area contributed by atoms with Crippen LogP contribution in [0.15, 0.2) is 11.6 Å². The molecule has 0 radical (unpaired) electrons. The van der Waals surface area contributed by atoms with E-state index in [1.54, 1.807) is 6.92 Å². The zero-order valence-corrected chi connectivity index (χ0v) is 9.66. The topological polar surface area (TPSA) is 66.4 Å². The van der Waals surface area contributed by atoms with Crippen molar-refractivity contribution in [1.29, 1.82) is 0 Å². The van der Waals surface area contributed by atoms with Crippen molar-refractivity contribution in [2.45, 2.75) is 51.5 Å². The van der Waals surface area contributed by atoms with Gasteiger partial charge in [-0.05, 0) is 32.1 Å². The molecular formula is C12H19NO3. The Morgan fingerprint density at radius 1 is 1.50 bits per heavy atom. The van der Waals surface area contributed by atoms with Gasteiger partial charge in [0.15, 0.2) is 0 Å². The quantitative estimate of drug-likeness (QED) is 0.702. The maximum Gasteiger partial charge on any atom is 0.326 e. The summed E-state index contributed by atoms with van der Waals surface area (Å²) in [5.41, 5.74) is 1.14. The molecule has 1 aliphatic rings. The van der Waals surface area contributed by atoms with Crippen LogP contribution in [0.5, 0.6) is 0 Å². The summed E-state index contributed by atoms with van der Waals surface area (Å²) in [7, 11) is 0. The first kappa shape index (κ1) is 12.7. The highest BCUT2D eigenvalue weighted by molar-refractivity contribution is 5.84. The first-order valence-corrected chi connectivity index (χ1v) is 5.83. The van der Waals surface area contributed by atoms with Crippen LogP contribution >= 0.6 is 0 Å². The van der Waals surface area contributed by atoms with Gasteiger partial charge in [0.2, 0.25) is 5.91 Å². The van der Waals surface area contributed by atoms with Gasteiger partial charge in [-0.3, -0.25) is 4.79 Å². The van der Waals surface area contributed by atoms with Gasteiger partial charge in [-0.2, -0.15) is 0 Å².